The molecule has 2 N–H and O–H groups in total. The molecule has 15 heavy (non-hydrogen) atoms. The van der Waals surface area contributed by atoms with E-state index in [4.69, 9.17) is 5.73 Å². The lowest BCUT2D eigenvalue weighted by Gasteiger charge is -2.36. The summed E-state index contributed by atoms with van der Waals surface area (Å²) in [5.41, 5.74) is 6.06. The van der Waals surface area contributed by atoms with Gasteiger partial charge < -0.3 is 10.6 Å². The van der Waals surface area contributed by atoms with Crippen molar-refractivity contribution >= 4 is 21.7 Å². The van der Waals surface area contributed by atoms with E-state index in [0.29, 0.717) is 5.92 Å². The van der Waals surface area contributed by atoms with E-state index >= 15 is 0 Å². The van der Waals surface area contributed by atoms with Crippen molar-refractivity contribution in [2.45, 2.75) is 19.4 Å². The summed E-state index contributed by atoms with van der Waals surface area (Å²) in [7, 11) is 0. The Labute approximate surface area is 98.0 Å². The highest BCUT2D eigenvalue weighted by Gasteiger charge is 2.24. The Morgan fingerprint density at radius 3 is 3.07 bits per heavy atom. The van der Waals surface area contributed by atoms with E-state index in [-0.39, 0.29) is 6.04 Å². The Hall–Kier alpha value is -0.680. The molecule has 0 aliphatic carbocycles. The van der Waals surface area contributed by atoms with Crippen LogP contribution >= 0.6 is 15.9 Å². The summed E-state index contributed by atoms with van der Waals surface area (Å²) in [5, 5.41) is 0. The van der Waals surface area contributed by atoms with Crippen molar-refractivity contribution in [2.24, 2.45) is 11.7 Å². The molecule has 0 saturated carbocycles. The number of nitrogens with two attached hydrogens (primary N) is 1. The highest BCUT2D eigenvalue weighted by atomic mass is 79.9. The molecule has 1 saturated heterocycles. The Morgan fingerprint density at radius 1 is 1.60 bits per heavy atom. The van der Waals surface area contributed by atoms with E-state index < -0.39 is 0 Å². The maximum absolute atomic E-state index is 6.06. The van der Waals surface area contributed by atoms with E-state index in [2.05, 4.69) is 37.7 Å². The quantitative estimate of drug-likeness (QED) is 0.839. The third-order valence-corrected chi connectivity index (χ3v) is 3.52. The highest BCUT2D eigenvalue weighted by Crippen LogP contribution is 2.26. The lowest BCUT2D eigenvalue weighted by atomic mass is 9.94. The van der Waals surface area contributed by atoms with Gasteiger partial charge in [0.25, 0.3) is 0 Å². The summed E-state index contributed by atoms with van der Waals surface area (Å²) in [6, 6.07) is 0.237. The molecule has 0 bridgehead atoms. The first-order chi connectivity index (χ1) is 7.18. The molecule has 0 radical (unpaired) electrons. The van der Waals surface area contributed by atoms with Gasteiger partial charge in [0.1, 0.15) is 12.1 Å². The SMILES string of the molecule is CC1CCN(c2ncncc2Br)CC1N. The fraction of sp³-hybridized carbons (Fsp3) is 0.600. The number of nitrogens with zero attached hydrogens (tertiary/aromatic N) is 3. The van der Waals surface area contributed by atoms with E-state index in [1.165, 1.54) is 0 Å². The van der Waals surface area contributed by atoms with Crippen molar-refractivity contribution in [3.05, 3.63) is 17.0 Å². The molecule has 4 nitrogen and oxygen atoms in total. The Balaban J connectivity index is 2.15. The van der Waals surface area contributed by atoms with Crippen LogP contribution in [0.2, 0.25) is 0 Å². The molecule has 2 unspecified atom stereocenters. The van der Waals surface area contributed by atoms with Gasteiger partial charge in [0, 0.05) is 25.3 Å². The lowest BCUT2D eigenvalue weighted by molar-refractivity contribution is 0.377. The fourth-order valence-corrected chi connectivity index (χ4v) is 2.30. The maximum Gasteiger partial charge on any atom is 0.146 e. The van der Waals surface area contributed by atoms with Gasteiger partial charge in [-0.25, -0.2) is 9.97 Å². The van der Waals surface area contributed by atoms with Crippen molar-refractivity contribution < 1.29 is 0 Å². The van der Waals surface area contributed by atoms with Crippen LogP contribution in [0.5, 0.6) is 0 Å². The fourth-order valence-electron chi connectivity index (χ4n) is 1.83. The zero-order chi connectivity index (χ0) is 10.8. The third kappa shape index (κ3) is 2.29. The number of hydrogen-bond acceptors (Lipinski definition) is 4. The molecule has 2 heterocycles. The van der Waals surface area contributed by atoms with Gasteiger partial charge in [-0.05, 0) is 28.3 Å². The topological polar surface area (TPSA) is 55.0 Å². The Kier molecular flexibility index (Phi) is 3.21. The number of rotatable bonds is 1. The summed E-state index contributed by atoms with van der Waals surface area (Å²) in [6.07, 6.45) is 4.47. The van der Waals surface area contributed by atoms with Gasteiger partial charge in [0.05, 0.1) is 4.47 Å². The minimum Gasteiger partial charge on any atom is -0.354 e. The molecule has 1 aliphatic heterocycles. The van der Waals surface area contributed by atoms with E-state index in [1.54, 1.807) is 12.5 Å². The second-order valence-electron chi connectivity index (χ2n) is 4.07. The molecule has 0 amide bonds. The zero-order valence-electron chi connectivity index (χ0n) is 8.73. The molecule has 2 atom stereocenters. The van der Waals surface area contributed by atoms with Crippen LogP contribution in [0, 0.1) is 5.92 Å². The molecule has 82 valence electrons. The van der Waals surface area contributed by atoms with Crippen LogP contribution in [-0.4, -0.2) is 29.1 Å². The summed E-state index contributed by atoms with van der Waals surface area (Å²) < 4.78 is 0.937. The number of piperidine rings is 1. The number of hydrogen-bond donors (Lipinski definition) is 1. The van der Waals surface area contributed by atoms with Crippen LogP contribution in [0.25, 0.3) is 0 Å². The van der Waals surface area contributed by atoms with E-state index in [9.17, 15) is 0 Å². The van der Waals surface area contributed by atoms with Crippen LogP contribution in [-0.2, 0) is 0 Å². The van der Waals surface area contributed by atoms with Crippen molar-refractivity contribution in [1.82, 2.24) is 9.97 Å². The zero-order valence-corrected chi connectivity index (χ0v) is 10.3. The molecular weight excluding hydrogens is 256 g/mol. The van der Waals surface area contributed by atoms with Crippen molar-refractivity contribution in [2.75, 3.05) is 18.0 Å². The van der Waals surface area contributed by atoms with Crippen molar-refractivity contribution in [3.8, 4) is 0 Å². The number of halogens is 1. The normalized spacial score (nSPS) is 26.7. The molecule has 1 aromatic rings. The standard InChI is InChI=1S/C10H15BrN4/c1-7-2-3-15(5-9(7)12)10-8(11)4-13-6-14-10/h4,6-7,9H,2-3,5,12H2,1H3. The van der Waals surface area contributed by atoms with E-state index in [0.717, 1.165) is 29.8 Å². The summed E-state index contributed by atoms with van der Waals surface area (Å²) >= 11 is 3.46. The molecule has 2 rings (SSSR count). The predicted octanol–water partition coefficient (Wildman–Crippen LogP) is 1.41. The van der Waals surface area contributed by atoms with Gasteiger partial charge in [-0.2, -0.15) is 0 Å². The van der Waals surface area contributed by atoms with Crippen molar-refractivity contribution in [1.29, 1.82) is 0 Å². The largest absolute Gasteiger partial charge is 0.354 e. The molecule has 0 spiro atoms. The van der Waals surface area contributed by atoms with Gasteiger partial charge in [-0.1, -0.05) is 6.92 Å². The van der Waals surface area contributed by atoms with Crippen LogP contribution in [0.3, 0.4) is 0 Å². The second-order valence-corrected chi connectivity index (χ2v) is 4.92. The van der Waals surface area contributed by atoms with Gasteiger partial charge in [-0.15, -0.1) is 0 Å². The Morgan fingerprint density at radius 2 is 2.40 bits per heavy atom. The minimum absolute atomic E-state index is 0.237. The second kappa shape index (κ2) is 4.45. The first kappa shape index (κ1) is 10.8. The van der Waals surface area contributed by atoms with Gasteiger partial charge in [0.2, 0.25) is 0 Å². The van der Waals surface area contributed by atoms with Crippen molar-refractivity contribution in [3.63, 3.8) is 0 Å². The first-order valence-corrected chi connectivity index (χ1v) is 5.94. The van der Waals surface area contributed by atoms with Crippen LogP contribution in [0.1, 0.15) is 13.3 Å². The molecule has 1 aromatic heterocycles. The van der Waals surface area contributed by atoms with Gasteiger partial charge in [0.15, 0.2) is 0 Å². The number of anilines is 1. The predicted molar refractivity (Wildman–Crippen MR) is 63.7 cm³/mol. The first-order valence-electron chi connectivity index (χ1n) is 5.14. The Bertz CT molecular complexity index is 344. The molecular formula is C10H15BrN4. The third-order valence-electron chi connectivity index (χ3n) is 2.96. The average Bonchev–Trinajstić information content (AvgIpc) is 2.23. The maximum atomic E-state index is 6.06. The lowest BCUT2D eigenvalue weighted by Crippen LogP contribution is -2.48. The van der Waals surface area contributed by atoms with E-state index in [1.807, 2.05) is 0 Å². The summed E-state index contributed by atoms with van der Waals surface area (Å²) in [6.45, 7) is 4.10. The molecule has 1 aliphatic rings. The molecule has 5 heteroatoms. The van der Waals surface area contributed by atoms with Gasteiger partial charge >= 0.3 is 0 Å². The smallest absolute Gasteiger partial charge is 0.146 e. The monoisotopic (exact) mass is 270 g/mol. The minimum atomic E-state index is 0.237. The molecule has 0 aromatic carbocycles. The van der Waals surface area contributed by atoms with Crippen LogP contribution in [0.4, 0.5) is 5.82 Å². The van der Waals surface area contributed by atoms with Gasteiger partial charge in [-0.3, -0.25) is 0 Å². The number of aromatic nitrogens is 2. The van der Waals surface area contributed by atoms with Crippen LogP contribution < -0.4 is 10.6 Å². The summed E-state index contributed by atoms with van der Waals surface area (Å²) in [4.78, 5) is 10.5. The average molecular weight is 271 g/mol. The molecule has 1 fully saturated rings. The van der Waals surface area contributed by atoms with Crippen LogP contribution in [0.15, 0.2) is 17.0 Å². The summed E-state index contributed by atoms with van der Waals surface area (Å²) in [5.74, 6) is 1.55. The highest BCUT2D eigenvalue weighted by molar-refractivity contribution is 9.10.